The number of nitrogens with one attached hydrogen (secondary N) is 1. The lowest BCUT2D eigenvalue weighted by atomic mass is 10.1. The Morgan fingerprint density at radius 2 is 1.73 bits per heavy atom. The third-order valence-corrected chi connectivity index (χ3v) is 3.34. The molecule has 2 aromatic carbocycles. The fourth-order valence-corrected chi connectivity index (χ4v) is 2.19. The van der Waals surface area contributed by atoms with Crippen molar-refractivity contribution in [1.82, 2.24) is 0 Å². The summed E-state index contributed by atoms with van der Waals surface area (Å²) in [6.45, 7) is 4.09. The van der Waals surface area contributed by atoms with Gasteiger partial charge < -0.3 is 19.5 Å². The zero-order valence-electron chi connectivity index (χ0n) is 13.4. The first kappa shape index (κ1) is 16.2. The summed E-state index contributed by atoms with van der Waals surface area (Å²) < 4.78 is 16.0. The maximum absolute atomic E-state index is 5.43. The number of benzene rings is 2. The standard InChI is InChI=1S/C18H23NO3/c1-4-22-13-15-6-5-7-16(10-15)19-12-14-8-9-17(20-2)18(11-14)21-3/h5-11,19H,4,12-13H2,1-3H3. The molecular weight excluding hydrogens is 278 g/mol. The van der Waals surface area contributed by atoms with E-state index >= 15 is 0 Å². The van der Waals surface area contributed by atoms with E-state index in [-0.39, 0.29) is 0 Å². The second-order valence-corrected chi connectivity index (χ2v) is 4.88. The molecule has 2 aromatic rings. The largest absolute Gasteiger partial charge is 0.493 e. The van der Waals surface area contributed by atoms with Crippen molar-refractivity contribution in [3.8, 4) is 11.5 Å². The monoisotopic (exact) mass is 301 g/mol. The SMILES string of the molecule is CCOCc1cccc(NCc2ccc(OC)c(OC)c2)c1. The molecule has 0 spiro atoms. The van der Waals surface area contributed by atoms with Crippen LogP contribution in [-0.4, -0.2) is 20.8 Å². The van der Waals surface area contributed by atoms with Gasteiger partial charge in [-0.05, 0) is 42.3 Å². The lowest BCUT2D eigenvalue weighted by Gasteiger charge is -2.11. The van der Waals surface area contributed by atoms with Crippen LogP contribution in [0.1, 0.15) is 18.1 Å². The average molecular weight is 301 g/mol. The highest BCUT2D eigenvalue weighted by atomic mass is 16.5. The Morgan fingerprint density at radius 3 is 2.45 bits per heavy atom. The van der Waals surface area contributed by atoms with Crippen LogP contribution in [0.4, 0.5) is 5.69 Å². The minimum absolute atomic E-state index is 0.641. The Kier molecular flexibility index (Phi) is 6.10. The van der Waals surface area contributed by atoms with E-state index in [0.29, 0.717) is 6.61 Å². The molecule has 0 saturated heterocycles. The number of hydrogen-bond donors (Lipinski definition) is 1. The fraction of sp³-hybridized carbons (Fsp3) is 0.333. The van der Waals surface area contributed by atoms with E-state index in [1.165, 1.54) is 5.56 Å². The Hall–Kier alpha value is -2.20. The van der Waals surface area contributed by atoms with Crippen LogP contribution in [0.3, 0.4) is 0 Å². The molecule has 0 aliphatic rings. The van der Waals surface area contributed by atoms with Gasteiger partial charge in [0.05, 0.1) is 20.8 Å². The fourth-order valence-electron chi connectivity index (χ4n) is 2.19. The summed E-state index contributed by atoms with van der Waals surface area (Å²) in [4.78, 5) is 0. The van der Waals surface area contributed by atoms with Crippen molar-refractivity contribution in [2.75, 3.05) is 26.1 Å². The van der Waals surface area contributed by atoms with Gasteiger partial charge in [0.15, 0.2) is 11.5 Å². The topological polar surface area (TPSA) is 39.7 Å². The molecule has 0 unspecified atom stereocenters. The van der Waals surface area contributed by atoms with Gasteiger partial charge in [-0.2, -0.15) is 0 Å². The van der Waals surface area contributed by atoms with E-state index in [9.17, 15) is 0 Å². The molecule has 0 aliphatic heterocycles. The molecule has 0 bridgehead atoms. The number of rotatable bonds is 8. The third kappa shape index (κ3) is 4.40. The quantitative estimate of drug-likeness (QED) is 0.804. The zero-order chi connectivity index (χ0) is 15.8. The van der Waals surface area contributed by atoms with Crippen molar-refractivity contribution in [2.45, 2.75) is 20.1 Å². The predicted octanol–water partition coefficient (Wildman–Crippen LogP) is 3.85. The van der Waals surface area contributed by atoms with E-state index < -0.39 is 0 Å². The first-order valence-corrected chi connectivity index (χ1v) is 7.38. The maximum Gasteiger partial charge on any atom is 0.161 e. The molecule has 118 valence electrons. The molecule has 0 aliphatic carbocycles. The summed E-state index contributed by atoms with van der Waals surface area (Å²) in [6, 6.07) is 14.2. The van der Waals surface area contributed by atoms with Gasteiger partial charge in [0.2, 0.25) is 0 Å². The molecular formula is C18H23NO3. The van der Waals surface area contributed by atoms with Crippen LogP contribution in [0.25, 0.3) is 0 Å². The van der Waals surface area contributed by atoms with Gasteiger partial charge in [0.25, 0.3) is 0 Å². The Labute approximate surface area is 132 Å². The minimum atomic E-state index is 0.641. The first-order valence-electron chi connectivity index (χ1n) is 7.38. The second-order valence-electron chi connectivity index (χ2n) is 4.88. The first-order chi connectivity index (χ1) is 10.8. The van der Waals surface area contributed by atoms with Gasteiger partial charge >= 0.3 is 0 Å². The number of methoxy groups -OCH3 is 2. The number of ether oxygens (including phenoxy) is 3. The highest BCUT2D eigenvalue weighted by Gasteiger charge is 2.04. The Bertz CT molecular complexity index is 599. The minimum Gasteiger partial charge on any atom is -0.493 e. The van der Waals surface area contributed by atoms with Crippen molar-refractivity contribution >= 4 is 5.69 Å². The molecule has 0 radical (unpaired) electrons. The Morgan fingerprint density at radius 1 is 0.909 bits per heavy atom. The Balaban J connectivity index is 2.00. The summed E-state index contributed by atoms with van der Waals surface area (Å²) >= 11 is 0. The van der Waals surface area contributed by atoms with Crippen molar-refractivity contribution in [2.24, 2.45) is 0 Å². The predicted molar refractivity (Wildman–Crippen MR) is 88.6 cm³/mol. The van der Waals surface area contributed by atoms with E-state index in [1.54, 1.807) is 14.2 Å². The molecule has 0 saturated carbocycles. The van der Waals surface area contributed by atoms with Gasteiger partial charge in [-0.25, -0.2) is 0 Å². The summed E-state index contributed by atoms with van der Waals surface area (Å²) in [6.07, 6.45) is 0. The summed E-state index contributed by atoms with van der Waals surface area (Å²) in [7, 11) is 3.28. The van der Waals surface area contributed by atoms with Crippen LogP contribution in [0.2, 0.25) is 0 Å². The maximum atomic E-state index is 5.43. The molecule has 0 fully saturated rings. The van der Waals surface area contributed by atoms with Gasteiger partial charge in [0.1, 0.15) is 0 Å². The van der Waals surface area contributed by atoms with Crippen LogP contribution in [-0.2, 0) is 17.9 Å². The van der Waals surface area contributed by atoms with E-state index in [4.69, 9.17) is 14.2 Å². The second kappa shape index (κ2) is 8.29. The summed E-state index contributed by atoms with van der Waals surface area (Å²) in [5, 5.41) is 3.41. The highest BCUT2D eigenvalue weighted by molar-refractivity contribution is 5.48. The van der Waals surface area contributed by atoms with Crippen LogP contribution in [0.15, 0.2) is 42.5 Å². The summed E-state index contributed by atoms with van der Waals surface area (Å²) in [5.74, 6) is 1.48. The van der Waals surface area contributed by atoms with Crippen LogP contribution >= 0.6 is 0 Å². The highest BCUT2D eigenvalue weighted by Crippen LogP contribution is 2.27. The van der Waals surface area contributed by atoms with E-state index in [0.717, 1.165) is 35.9 Å². The average Bonchev–Trinajstić information content (AvgIpc) is 2.58. The van der Waals surface area contributed by atoms with E-state index in [2.05, 4.69) is 23.5 Å². The molecule has 0 atom stereocenters. The van der Waals surface area contributed by atoms with Gasteiger partial charge in [-0.15, -0.1) is 0 Å². The summed E-state index contributed by atoms with van der Waals surface area (Å²) in [5.41, 5.74) is 3.37. The molecule has 1 N–H and O–H groups in total. The van der Waals surface area contributed by atoms with Gasteiger partial charge in [0, 0.05) is 18.8 Å². The molecule has 2 rings (SSSR count). The van der Waals surface area contributed by atoms with E-state index in [1.807, 2.05) is 31.2 Å². The van der Waals surface area contributed by atoms with Crippen LogP contribution in [0.5, 0.6) is 11.5 Å². The normalized spacial score (nSPS) is 10.3. The molecule has 0 heterocycles. The van der Waals surface area contributed by atoms with Crippen LogP contribution < -0.4 is 14.8 Å². The molecule has 4 nitrogen and oxygen atoms in total. The smallest absolute Gasteiger partial charge is 0.161 e. The number of anilines is 1. The number of hydrogen-bond acceptors (Lipinski definition) is 4. The molecule has 22 heavy (non-hydrogen) atoms. The van der Waals surface area contributed by atoms with Crippen molar-refractivity contribution < 1.29 is 14.2 Å². The molecule has 0 amide bonds. The van der Waals surface area contributed by atoms with Crippen molar-refractivity contribution in [3.05, 3.63) is 53.6 Å². The third-order valence-electron chi connectivity index (χ3n) is 3.34. The molecule has 0 aromatic heterocycles. The van der Waals surface area contributed by atoms with Crippen molar-refractivity contribution in [1.29, 1.82) is 0 Å². The lowest BCUT2D eigenvalue weighted by Crippen LogP contribution is -2.01. The van der Waals surface area contributed by atoms with Crippen molar-refractivity contribution in [3.63, 3.8) is 0 Å². The lowest BCUT2D eigenvalue weighted by molar-refractivity contribution is 0.134. The zero-order valence-corrected chi connectivity index (χ0v) is 13.4. The van der Waals surface area contributed by atoms with Crippen LogP contribution in [0, 0.1) is 0 Å². The van der Waals surface area contributed by atoms with Gasteiger partial charge in [-0.1, -0.05) is 18.2 Å². The molecule has 4 heteroatoms. The van der Waals surface area contributed by atoms with Gasteiger partial charge in [-0.3, -0.25) is 0 Å².